The van der Waals surface area contributed by atoms with Crippen molar-refractivity contribution in [3.05, 3.63) is 59.9 Å². The lowest BCUT2D eigenvalue weighted by Crippen LogP contribution is -2.32. The van der Waals surface area contributed by atoms with E-state index in [0.29, 0.717) is 18.0 Å². The minimum absolute atomic E-state index is 0.0876. The highest BCUT2D eigenvalue weighted by Gasteiger charge is 2.20. The number of nitrogens with one attached hydrogen (secondary N) is 1. The van der Waals surface area contributed by atoms with E-state index in [4.69, 9.17) is 4.74 Å². The highest BCUT2D eigenvalue weighted by atomic mass is 19.1. The minimum atomic E-state index is -0.739. The van der Waals surface area contributed by atoms with Crippen molar-refractivity contribution in [1.29, 1.82) is 0 Å². The molecule has 0 aliphatic heterocycles. The number of amides is 1. The third kappa shape index (κ3) is 4.55. The summed E-state index contributed by atoms with van der Waals surface area (Å²) in [6, 6.07) is 13.8. The van der Waals surface area contributed by atoms with Crippen LogP contribution in [0.5, 0.6) is 5.75 Å². The van der Waals surface area contributed by atoms with Crippen LogP contribution in [0.3, 0.4) is 0 Å². The average molecular weight is 315 g/mol. The zero-order chi connectivity index (χ0) is 16.8. The number of carbonyl (C=O) groups is 1. The summed E-state index contributed by atoms with van der Waals surface area (Å²) in [5, 5.41) is 2.81. The van der Waals surface area contributed by atoms with Gasteiger partial charge in [0, 0.05) is 5.69 Å². The first-order valence-corrected chi connectivity index (χ1v) is 7.83. The van der Waals surface area contributed by atoms with E-state index in [1.54, 1.807) is 12.1 Å². The second kappa shape index (κ2) is 7.77. The van der Waals surface area contributed by atoms with Gasteiger partial charge in [-0.05, 0) is 42.2 Å². The Kier molecular flexibility index (Phi) is 5.74. The Morgan fingerprint density at radius 3 is 2.35 bits per heavy atom. The maximum atomic E-state index is 13.6. The Morgan fingerprint density at radius 1 is 1.13 bits per heavy atom. The molecule has 0 heterocycles. The number of rotatable bonds is 6. The lowest BCUT2D eigenvalue weighted by atomic mass is 10.0. The number of para-hydroxylation sites is 1. The second-order valence-corrected chi connectivity index (χ2v) is 5.71. The van der Waals surface area contributed by atoms with Gasteiger partial charge in [-0.3, -0.25) is 4.79 Å². The molecule has 0 fully saturated rings. The molecule has 0 radical (unpaired) electrons. The third-order valence-electron chi connectivity index (χ3n) is 3.61. The van der Waals surface area contributed by atoms with Crippen LogP contribution in [-0.2, 0) is 4.79 Å². The van der Waals surface area contributed by atoms with Gasteiger partial charge < -0.3 is 10.1 Å². The molecule has 0 aliphatic carbocycles. The Hall–Kier alpha value is -2.36. The highest BCUT2D eigenvalue weighted by Crippen LogP contribution is 2.20. The maximum absolute atomic E-state index is 13.6. The molecule has 122 valence electrons. The lowest BCUT2D eigenvalue weighted by molar-refractivity contribution is -0.122. The van der Waals surface area contributed by atoms with Crippen molar-refractivity contribution in [2.75, 3.05) is 5.32 Å². The Balaban J connectivity index is 2.04. The van der Waals surface area contributed by atoms with E-state index in [-0.39, 0.29) is 11.7 Å². The number of ether oxygens (including phenoxy) is 1. The van der Waals surface area contributed by atoms with Gasteiger partial charge in [0.25, 0.3) is 5.91 Å². The van der Waals surface area contributed by atoms with Crippen molar-refractivity contribution < 1.29 is 13.9 Å². The molecule has 0 aliphatic rings. The summed E-state index contributed by atoms with van der Waals surface area (Å²) in [6.07, 6.45) is -0.291. The van der Waals surface area contributed by atoms with Crippen molar-refractivity contribution in [3.8, 4) is 5.75 Å². The first kappa shape index (κ1) is 17.0. The van der Waals surface area contributed by atoms with Gasteiger partial charge in [-0.15, -0.1) is 0 Å². The third-order valence-corrected chi connectivity index (χ3v) is 3.61. The molecule has 0 saturated carbocycles. The van der Waals surface area contributed by atoms with Gasteiger partial charge in [0.05, 0.1) is 0 Å². The second-order valence-electron chi connectivity index (χ2n) is 5.71. The van der Waals surface area contributed by atoms with Gasteiger partial charge in [0.1, 0.15) is 0 Å². The summed E-state index contributed by atoms with van der Waals surface area (Å²) >= 11 is 0. The number of halogens is 1. The molecule has 4 heteroatoms. The van der Waals surface area contributed by atoms with Crippen molar-refractivity contribution in [2.24, 2.45) is 0 Å². The molecule has 1 N–H and O–H groups in total. The van der Waals surface area contributed by atoms with Crippen LogP contribution in [0.2, 0.25) is 0 Å². The lowest BCUT2D eigenvalue weighted by Gasteiger charge is -2.18. The maximum Gasteiger partial charge on any atom is 0.265 e. The van der Waals surface area contributed by atoms with Gasteiger partial charge in [-0.25, -0.2) is 4.39 Å². The molecular weight excluding hydrogens is 293 g/mol. The fraction of sp³-hybridized carbons (Fsp3) is 0.316. The van der Waals surface area contributed by atoms with Crippen LogP contribution in [0, 0.1) is 5.82 Å². The van der Waals surface area contributed by atoms with Crippen molar-refractivity contribution in [2.45, 2.75) is 39.2 Å². The van der Waals surface area contributed by atoms with Gasteiger partial charge >= 0.3 is 0 Å². The highest BCUT2D eigenvalue weighted by molar-refractivity contribution is 5.94. The molecule has 0 spiro atoms. The molecular formula is C19H22FNO2. The summed E-state index contributed by atoms with van der Waals surface area (Å²) in [6.45, 7) is 6.05. The molecule has 1 amide bonds. The average Bonchev–Trinajstić information content (AvgIpc) is 2.54. The van der Waals surface area contributed by atoms with Gasteiger partial charge in [-0.1, -0.05) is 45.0 Å². The number of carbonyl (C=O) groups excluding carboxylic acids is 1. The first-order chi connectivity index (χ1) is 11.0. The van der Waals surface area contributed by atoms with E-state index < -0.39 is 11.9 Å². The zero-order valence-electron chi connectivity index (χ0n) is 13.7. The number of hydrogen-bond acceptors (Lipinski definition) is 2. The molecule has 2 aromatic carbocycles. The van der Waals surface area contributed by atoms with Crippen LogP contribution >= 0.6 is 0 Å². The Labute approximate surface area is 136 Å². The van der Waals surface area contributed by atoms with E-state index in [9.17, 15) is 9.18 Å². The standard InChI is InChI=1S/C19H22FNO2/c1-4-17(23-18-8-6-5-7-16(18)20)19(22)21-15-11-9-14(10-12-15)13(2)3/h5-13,17H,4H2,1-3H3,(H,21,22). The van der Waals surface area contributed by atoms with Gasteiger partial charge in [0.2, 0.25) is 0 Å². The first-order valence-electron chi connectivity index (χ1n) is 7.83. The molecule has 3 nitrogen and oxygen atoms in total. The summed E-state index contributed by atoms with van der Waals surface area (Å²) in [5.74, 6) is -0.231. The summed E-state index contributed by atoms with van der Waals surface area (Å²) in [7, 11) is 0. The minimum Gasteiger partial charge on any atom is -0.478 e. The summed E-state index contributed by atoms with van der Waals surface area (Å²) < 4.78 is 19.1. The predicted octanol–water partition coefficient (Wildman–Crippen LogP) is 4.75. The molecule has 0 bridgehead atoms. The molecule has 0 saturated heterocycles. The van der Waals surface area contributed by atoms with E-state index in [1.807, 2.05) is 31.2 Å². The van der Waals surface area contributed by atoms with Crippen LogP contribution < -0.4 is 10.1 Å². The topological polar surface area (TPSA) is 38.3 Å². The molecule has 0 aromatic heterocycles. The van der Waals surface area contributed by atoms with Crippen LogP contribution in [0.15, 0.2) is 48.5 Å². The van der Waals surface area contributed by atoms with Crippen LogP contribution in [-0.4, -0.2) is 12.0 Å². The number of benzene rings is 2. The molecule has 1 atom stereocenters. The Bertz CT molecular complexity index is 653. The number of hydrogen-bond donors (Lipinski definition) is 1. The SMILES string of the molecule is CCC(Oc1ccccc1F)C(=O)Nc1ccc(C(C)C)cc1. The molecule has 2 aromatic rings. The van der Waals surface area contributed by atoms with Crippen molar-refractivity contribution in [3.63, 3.8) is 0 Å². The van der Waals surface area contributed by atoms with E-state index in [1.165, 1.54) is 17.7 Å². The summed E-state index contributed by atoms with van der Waals surface area (Å²) in [4.78, 5) is 12.3. The van der Waals surface area contributed by atoms with Crippen molar-refractivity contribution >= 4 is 11.6 Å². The zero-order valence-corrected chi connectivity index (χ0v) is 13.7. The van der Waals surface area contributed by atoms with Gasteiger partial charge in [-0.2, -0.15) is 0 Å². The van der Waals surface area contributed by atoms with Crippen LogP contribution in [0.1, 0.15) is 38.7 Å². The smallest absolute Gasteiger partial charge is 0.265 e. The van der Waals surface area contributed by atoms with Crippen molar-refractivity contribution in [1.82, 2.24) is 0 Å². The fourth-order valence-corrected chi connectivity index (χ4v) is 2.19. The number of anilines is 1. The molecule has 2 rings (SSSR count). The van der Waals surface area contributed by atoms with E-state index in [0.717, 1.165) is 0 Å². The quantitative estimate of drug-likeness (QED) is 0.835. The fourth-order valence-electron chi connectivity index (χ4n) is 2.19. The normalized spacial score (nSPS) is 12.0. The predicted molar refractivity (Wildman–Crippen MR) is 90.3 cm³/mol. The monoisotopic (exact) mass is 315 g/mol. The van der Waals surface area contributed by atoms with Crippen LogP contribution in [0.25, 0.3) is 0 Å². The largest absolute Gasteiger partial charge is 0.478 e. The summed E-state index contributed by atoms with van der Waals surface area (Å²) in [5.41, 5.74) is 1.91. The van der Waals surface area contributed by atoms with E-state index >= 15 is 0 Å². The van der Waals surface area contributed by atoms with E-state index in [2.05, 4.69) is 19.2 Å². The molecule has 1 unspecified atom stereocenters. The van der Waals surface area contributed by atoms with Gasteiger partial charge in [0.15, 0.2) is 17.7 Å². The van der Waals surface area contributed by atoms with Crippen LogP contribution in [0.4, 0.5) is 10.1 Å². The Morgan fingerprint density at radius 2 is 1.78 bits per heavy atom. The molecule has 23 heavy (non-hydrogen) atoms.